The molecule has 112 valence electrons. The third-order valence-corrected chi connectivity index (χ3v) is 4.46. The zero-order valence-corrected chi connectivity index (χ0v) is 12.7. The van der Waals surface area contributed by atoms with E-state index < -0.39 is 5.54 Å². The second-order valence-electron chi connectivity index (χ2n) is 6.26. The van der Waals surface area contributed by atoms with Gasteiger partial charge in [-0.25, -0.2) is 0 Å². The van der Waals surface area contributed by atoms with E-state index in [1.54, 1.807) is 7.05 Å². The van der Waals surface area contributed by atoms with E-state index in [1.807, 2.05) is 6.92 Å². The summed E-state index contributed by atoms with van der Waals surface area (Å²) in [5.41, 5.74) is 4.78. The van der Waals surface area contributed by atoms with Crippen LogP contribution in [0.2, 0.25) is 0 Å². The van der Waals surface area contributed by atoms with E-state index in [-0.39, 0.29) is 5.91 Å². The van der Waals surface area contributed by atoms with Crippen molar-refractivity contribution in [2.24, 2.45) is 17.6 Å². The minimum absolute atomic E-state index is 0.295. The highest BCUT2D eigenvalue weighted by atomic mass is 16.5. The lowest BCUT2D eigenvalue weighted by atomic mass is 9.83. The number of nitrogens with one attached hydrogen (secondary N) is 1. The van der Waals surface area contributed by atoms with E-state index in [2.05, 4.69) is 12.2 Å². The van der Waals surface area contributed by atoms with E-state index in [0.717, 1.165) is 37.9 Å². The molecule has 1 saturated carbocycles. The van der Waals surface area contributed by atoms with Crippen molar-refractivity contribution < 1.29 is 9.53 Å². The number of carbonyl (C=O) groups excluding carboxylic acids is 1. The van der Waals surface area contributed by atoms with Gasteiger partial charge in [0, 0.05) is 13.2 Å². The number of primary amides is 1. The van der Waals surface area contributed by atoms with Crippen LogP contribution >= 0.6 is 0 Å². The Bertz CT molecular complexity index is 283. The smallest absolute Gasteiger partial charge is 0.237 e. The maximum absolute atomic E-state index is 11.3. The molecule has 1 amide bonds. The largest absolute Gasteiger partial charge is 0.381 e. The standard InChI is InChI=1S/C15H30N2O2/c1-12-6-4-7-13(10-12)11-19-9-5-8-15(2,17-3)14(16)18/h12-13,17H,4-11H2,1-3H3,(H2,16,18). The third kappa shape index (κ3) is 5.49. The molecule has 0 heterocycles. The van der Waals surface area contributed by atoms with Crippen molar-refractivity contribution >= 4 is 5.91 Å². The number of nitrogens with two attached hydrogens (primary N) is 1. The first-order valence-electron chi connectivity index (χ1n) is 7.54. The summed E-state index contributed by atoms with van der Waals surface area (Å²) in [6.07, 6.45) is 6.90. The Kier molecular flexibility index (Phi) is 6.80. The summed E-state index contributed by atoms with van der Waals surface area (Å²) in [7, 11) is 1.77. The van der Waals surface area contributed by atoms with Crippen molar-refractivity contribution in [1.82, 2.24) is 5.32 Å². The summed E-state index contributed by atoms with van der Waals surface area (Å²) in [6, 6.07) is 0. The minimum Gasteiger partial charge on any atom is -0.381 e. The van der Waals surface area contributed by atoms with Crippen molar-refractivity contribution in [3.8, 4) is 0 Å². The van der Waals surface area contributed by atoms with E-state index in [0.29, 0.717) is 0 Å². The first-order chi connectivity index (χ1) is 8.98. The molecule has 0 aromatic rings. The molecule has 4 heteroatoms. The summed E-state index contributed by atoms with van der Waals surface area (Å²) in [5.74, 6) is 1.29. The van der Waals surface area contributed by atoms with Crippen molar-refractivity contribution in [1.29, 1.82) is 0 Å². The lowest BCUT2D eigenvalue weighted by Gasteiger charge is -2.27. The number of amides is 1. The van der Waals surface area contributed by atoms with Crippen molar-refractivity contribution in [3.63, 3.8) is 0 Å². The van der Waals surface area contributed by atoms with Crippen LogP contribution in [0.3, 0.4) is 0 Å². The van der Waals surface area contributed by atoms with E-state index >= 15 is 0 Å². The Hall–Kier alpha value is -0.610. The number of carbonyl (C=O) groups is 1. The van der Waals surface area contributed by atoms with Crippen molar-refractivity contribution in [2.45, 2.75) is 57.9 Å². The van der Waals surface area contributed by atoms with Gasteiger partial charge in [0.2, 0.25) is 5.91 Å². The molecule has 0 aromatic heterocycles. The maximum atomic E-state index is 11.3. The normalized spacial score (nSPS) is 26.9. The van der Waals surface area contributed by atoms with E-state index in [1.165, 1.54) is 25.7 Å². The molecule has 3 N–H and O–H groups in total. The molecular weight excluding hydrogens is 240 g/mol. The minimum atomic E-state index is -0.608. The molecule has 1 rings (SSSR count). The highest BCUT2D eigenvalue weighted by Crippen LogP contribution is 2.28. The molecule has 0 bridgehead atoms. The fourth-order valence-electron chi connectivity index (χ4n) is 2.86. The number of hydrogen-bond acceptors (Lipinski definition) is 3. The summed E-state index contributed by atoms with van der Waals surface area (Å²) >= 11 is 0. The zero-order chi connectivity index (χ0) is 14.3. The molecule has 19 heavy (non-hydrogen) atoms. The Labute approximate surface area is 117 Å². The van der Waals surface area contributed by atoms with Crippen LogP contribution in [-0.4, -0.2) is 31.7 Å². The van der Waals surface area contributed by atoms with Crippen LogP contribution in [0, 0.1) is 11.8 Å². The van der Waals surface area contributed by atoms with Gasteiger partial charge < -0.3 is 15.8 Å². The highest BCUT2D eigenvalue weighted by Gasteiger charge is 2.28. The maximum Gasteiger partial charge on any atom is 0.237 e. The molecular formula is C15H30N2O2. The van der Waals surface area contributed by atoms with Gasteiger partial charge in [0.1, 0.15) is 0 Å². The Morgan fingerprint density at radius 3 is 2.79 bits per heavy atom. The Balaban J connectivity index is 2.12. The van der Waals surface area contributed by atoms with Gasteiger partial charge in [-0.15, -0.1) is 0 Å². The molecule has 1 aliphatic carbocycles. The molecule has 3 atom stereocenters. The molecule has 0 aromatic carbocycles. The number of rotatable bonds is 8. The average Bonchev–Trinajstić information content (AvgIpc) is 2.38. The molecule has 1 aliphatic rings. The second-order valence-corrected chi connectivity index (χ2v) is 6.26. The van der Waals surface area contributed by atoms with Gasteiger partial charge in [0.25, 0.3) is 0 Å². The first-order valence-corrected chi connectivity index (χ1v) is 7.54. The average molecular weight is 270 g/mol. The van der Waals surface area contributed by atoms with E-state index in [9.17, 15) is 4.79 Å². The molecule has 0 saturated heterocycles. The monoisotopic (exact) mass is 270 g/mol. The summed E-state index contributed by atoms with van der Waals surface area (Å²) < 4.78 is 5.76. The fraction of sp³-hybridized carbons (Fsp3) is 0.933. The number of likely N-dealkylation sites (N-methyl/N-ethyl adjacent to an activating group) is 1. The van der Waals surface area contributed by atoms with Gasteiger partial charge in [-0.05, 0) is 51.5 Å². The summed E-state index contributed by atoms with van der Waals surface area (Å²) in [4.78, 5) is 11.3. The molecule has 4 nitrogen and oxygen atoms in total. The van der Waals surface area contributed by atoms with Gasteiger partial charge in [0.05, 0.1) is 5.54 Å². The first kappa shape index (κ1) is 16.4. The Morgan fingerprint density at radius 2 is 2.21 bits per heavy atom. The highest BCUT2D eigenvalue weighted by molar-refractivity contribution is 5.84. The lowest BCUT2D eigenvalue weighted by molar-refractivity contribution is -0.124. The quantitative estimate of drug-likeness (QED) is 0.664. The van der Waals surface area contributed by atoms with Gasteiger partial charge in [-0.1, -0.05) is 19.8 Å². The fourth-order valence-corrected chi connectivity index (χ4v) is 2.86. The topological polar surface area (TPSA) is 64.3 Å². The van der Waals surface area contributed by atoms with Crippen LogP contribution in [0.1, 0.15) is 52.4 Å². The SMILES string of the molecule is CNC(C)(CCCOCC1CCCC(C)C1)C(N)=O. The van der Waals surface area contributed by atoms with Crippen LogP contribution in [0.15, 0.2) is 0 Å². The molecule has 3 unspecified atom stereocenters. The molecule has 0 radical (unpaired) electrons. The number of ether oxygens (including phenoxy) is 1. The predicted octanol–water partition coefficient (Wildman–Crippen LogP) is 2.07. The van der Waals surface area contributed by atoms with Crippen LogP contribution in [0.25, 0.3) is 0 Å². The second kappa shape index (κ2) is 7.85. The van der Waals surface area contributed by atoms with E-state index in [4.69, 9.17) is 10.5 Å². The molecule has 0 aliphatic heterocycles. The zero-order valence-electron chi connectivity index (χ0n) is 12.7. The van der Waals surface area contributed by atoms with Gasteiger partial charge in [0.15, 0.2) is 0 Å². The van der Waals surface area contributed by atoms with Crippen LogP contribution in [-0.2, 0) is 9.53 Å². The van der Waals surface area contributed by atoms with Crippen LogP contribution < -0.4 is 11.1 Å². The molecule has 0 spiro atoms. The Morgan fingerprint density at radius 1 is 1.47 bits per heavy atom. The van der Waals surface area contributed by atoms with Gasteiger partial charge in [-0.3, -0.25) is 4.79 Å². The predicted molar refractivity (Wildman–Crippen MR) is 77.8 cm³/mol. The number of hydrogen-bond donors (Lipinski definition) is 2. The van der Waals surface area contributed by atoms with Crippen molar-refractivity contribution in [3.05, 3.63) is 0 Å². The molecule has 1 fully saturated rings. The lowest BCUT2D eigenvalue weighted by Crippen LogP contribution is -2.51. The summed E-state index contributed by atoms with van der Waals surface area (Å²) in [6.45, 7) is 5.77. The van der Waals surface area contributed by atoms with Crippen LogP contribution in [0.5, 0.6) is 0 Å². The van der Waals surface area contributed by atoms with Gasteiger partial charge in [-0.2, -0.15) is 0 Å². The third-order valence-electron chi connectivity index (χ3n) is 4.46. The van der Waals surface area contributed by atoms with Gasteiger partial charge >= 0.3 is 0 Å². The van der Waals surface area contributed by atoms with Crippen LogP contribution in [0.4, 0.5) is 0 Å². The van der Waals surface area contributed by atoms with Crippen molar-refractivity contribution in [2.75, 3.05) is 20.3 Å². The summed E-state index contributed by atoms with van der Waals surface area (Å²) in [5, 5.41) is 2.99.